The Labute approximate surface area is 119 Å². The molecule has 0 radical (unpaired) electrons. The summed E-state index contributed by atoms with van der Waals surface area (Å²) in [5.41, 5.74) is 1.13. The van der Waals surface area contributed by atoms with Crippen molar-refractivity contribution >= 4 is 17.0 Å². The molecule has 0 spiro atoms. The van der Waals surface area contributed by atoms with Crippen LogP contribution < -0.4 is 10.1 Å². The third kappa shape index (κ3) is 4.95. The smallest absolute Gasteiger partial charge is 0.119 e. The molecule has 0 fully saturated rings. The number of anilines is 1. The number of unbranched alkanes of at least 4 members (excludes halogenated alkanes) is 2. The quantitative estimate of drug-likeness (QED) is 0.690. The predicted octanol–water partition coefficient (Wildman–Crippen LogP) is 4.93. The maximum absolute atomic E-state index is 5.69. The zero-order valence-corrected chi connectivity index (χ0v) is 12.2. The van der Waals surface area contributed by atoms with Crippen molar-refractivity contribution in [2.75, 3.05) is 11.9 Å². The average Bonchev–Trinajstić information content (AvgIpc) is 2.96. The molecule has 0 unspecified atom stereocenters. The maximum atomic E-state index is 5.69. The van der Waals surface area contributed by atoms with Gasteiger partial charge in [0.25, 0.3) is 0 Å². The number of ether oxygens (including phenoxy) is 1. The van der Waals surface area contributed by atoms with Crippen molar-refractivity contribution in [2.24, 2.45) is 0 Å². The monoisotopic (exact) mass is 275 g/mol. The molecule has 0 bridgehead atoms. The highest BCUT2D eigenvalue weighted by molar-refractivity contribution is 7.09. The van der Waals surface area contributed by atoms with Crippen molar-refractivity contribution in [2.45, 2.75) is 32.7 Å². The van der Waals surface area contributed by atoms with Gasteiger partial charge in [-0.1, -0.05) is 25.8 Å². The van der Waals surface area contributed by atoms with Crippen molar-refractivity contribution in [3.8, 4) is 5.75 Å². The van der Waals surface area contributed by atoms with Gasteiger partial charge in [0.2, 0.25) is 0 Å². The minimum atomic E-state index is 0.815. The van der Waals surface area contributed by atoms with Gasteiger partial charge in [-0.2, -0.15) is 0 Å². The van der Waals surface area contributed by atoms with Crippen molar-refractivity contribution in [3.63, 3.8) is 0 Å². The Kier molecular flexibility index (Phi) is 5.76. The number of rotatable bonds is 8. The number of nitrogens with one attached hydrogen (secondary N) is 1. The van der Waals surface area contributed by atoms with Gasteiger partial charge in [0.15, 0.2) is 0 Å². The average molecular weight is 275 g/mol. The van der Waals surface area contributed by atoms with E-state index in [0.29, 0.717) is 0 Å². The van der Waals surface area contributed by atoms with Crippen LogP contribution in [-0.2, 0) is 6.54 Å². The molecule has 1 aromatic heterocycles. The molecule has 0 aliphatic rings. The van der Waals surface area contributed by atoms with Gasteiger partial charge in [0, 0.05) is 17.1 Å². The lowest BCUT2D eigenvalue weighted by atomic mass is 10.2. The molecule has 0 aliphatic carbocycles. The molecule has 19 heavy (non-hydrogen) atoms. The van der Waals surface area contributed by atoms with E-state index in [9.17, 15) is 0 Å². The van der Waals surface area contributed by atoms with E-state index in [2.05, 4.69) is 41.9 Å². The van der Waals surface area contributed by atoms with Crippen molar-refractivity contribution in [1.29, 1.82) is 0 Å². The van der Waals surface area contributed by atoms with E-state index < -0.39 is 0 Å². The molecule has 102 valence electrons. The van der Waals surface area contributed by atoms with Crippen LogP contribution in [0.1, 0.15) is 31.1 Å². The van der Waals surface area contributed by atoms with Gasteiger partial charge < -0.3 is 10.1 Å². The second-order valence-corrected chi connectivity index (χ2v) is 5.55. The lowest BCUT2D eigenvalue weighted by Gasteiger charge is -2.08. The van der Waals surface area contributed by atoms with Crippen molar-refractivity contribution in [1.82, 2.24) is 0 Å². The van der Waals surface area contributed by atoms with E-state index in [-0.39, 0.29) is 0 Å². The maximum Gasteiger partial charge on any atom is 0.119 e. The van der Waals surface area contributed by atoms with Gasteiger partial charge in [-0.15, -0.1) is 11.3 Å². The third-order valence-electron chi connectivity index (χ3n) is 2.92. The van der Waals surface area contributed by atoms with Gasteiger partial charge in [0.1, 0.15) is 5.75 Å². The molecule has 1 aromatic carbocycles. The minimum Gasteiger partial charge on any atom is -0.494 e. The zero-order valence-electron chi connectivity index (χ0n) is 11.4. The Morgan fingerprint density at radius 3 is 2.63 bits per heavy atom. The summed E-state index contributed by atoms with van der Waals surface area (Å²) in [7, 11) is 0. The summed E-state index contributed by atoms with van der Waals surface area (Å²) in [6.07, 6.45) is 3.60. The van der Waals surface area contributed by atoms with E-state index in [1.54, 1.807) is 11.3 Å². The molecule has 0 saturated heterocycles. The number of thiophene rings is 1. The first-order chi connectivity index (χ1) is 9.38. The molecule has 0 aliphatic heterocycles. The van der Waals surface area contributed by atoms with E-state index >= 15 is 0 Å². The van der Waals surface area contributed by atoms with Crippen LogP contribution in [0.4, 0.5) is 5.69 Å². The van der Waals surface area contributed by atoms with Crippen LogP contribution in [0.5, 0.6) is 5.75 Å². The fraction of sp³-hybridized carbons (Fsp3) is 0.375. The minimum absolute atomic E-state index is 0.815. The van der Waals surface area contributed by atoms with E-state index in [0.717, 1.165) is 31.0 Å². The number of hydrogen-bond donors (Lipinski definition) is 1. The Hall–Kier alpha value is -1.48. The van der Waals surface area contributed by atoms with Gasteiger partial charge in [-0.05, 0) is 42.1 Å². The molecule has 0 atom stereocenters. The SMILES string of the molecule is CCCCCOc1ccc(NCc2cccs2)cc1. The first-order valence-electron chi connectivity index (χ1n) is 6.87. The molecule has 2 aromatic rings. The fourth-order valence-electron chi connectivity index (χ4n) is 1.81. The Bertz CT molecular complexity index is 450. The molecule has 1 heterocycles. The summed E-state index contributed by atoms with van der Waals surface area (Å²) in [5, 5.41) is 5.51. The second kappa shape index (κ2) is 7.85. The largest absolute Gasteiger partial charge is 0.494 e. The summed E-state index contributed by atoms with van der Waals surface area (Å²) < 4.78 is 5.69. The standard InChI is InChI=1S/C16H21NOS/c1-2-3-4-11-18-15-9-7-14(8-10-15)17-13-16-6-5-12-19-16/h5-10,12,17H,2-4,11,13H2,1H3. The van der Waals surface area contributed by atoms with Gasteiger partial charge in [0.05, 0.1) is 6.61 Å². The van der Waals surface area contributed by atoms with Crippen molar-refractivity contribution in [3.05, 3.63) is 46.7 Å². The molecule has 1 N–H and O–H groups in total. The molecule has 3 heteroatoms. The van der Waals surface area contributed by atoms with Gasteiger partial charge >= 0.3 is 0 Å². The summed E-state index contributed by atoms with van der Waals surface area (Å²) in [6.45, 7) is 3.90. The summed E-state index contributed by atoms with van der Waals surface area (Å²) in [6, 6.07) is 12.4. The number of hydrogen-bond acceptors (Lipinski definition) is 3. The fourth-order valence-corrected chi connectivity index (χ4v) is 2.46. The van der Waals surface area contributed by atoms with Crippen LogP contribution in [0.25, 0.3) is 0 Å². The lowest BCUT2D eigenvalue weighted by Crippen LogP contribution is -1.99. The van der Waals surface area contributed by atoms with Crippen LogP contribution >= 0.6 is 11.3 Å². The van der Waals surface area contributed by atoms with Crippen molar-refractivity contribution < 1.29 is 4.74 Å². The Morgan fingerprint density at radius 1 is 1.11 bits per heavy atom. The van der Waals surface area contributed by atoms with Crippen LogP contribution in [0.15, 0.2) is 41.8 Å². The Morgan fingerprint density at radius 2 is 1.95 bits per heavy atom. The van der Waals surface area contributed by atoms with E-state index in [4.69, 9.17) is 4.74 Å². The lowest BCUT2D eigenvalue weighted by molar-refractivity contribution is 0.306. The van der Waals surface area contributed by atoms with Crippen LogP contribution in [0.3, 0.4) is 0 Å². The summed E-state index contributed by atoms with van der Waals surface area (Å²) >= 11 is 1.77. The molecule has 2 rings (SSSR count). The first-order valence-corrected chi connectivity index (χ1v) is 7.75. The van der Waals surface area contributed by atoms with Gasteiger partial charge in [-0.3, -0.25) is 0 Å². The highest BCUT2D eigenvalue weighted by atomic mass is 32.1. The molecule has 0 amide bonds. The highest BCUT2D eigenvalue weighted by Crippen LogP contribution is 2.17. The Balaban J connectivity index is 1.74. The van der Waals surface area contributed by atoms with Crippen LogP contribution in [-0.4, -0.2) is 6.61 Å². The second-order valence-electron chi connectivity index (χ2n) is 4.51. The molecule has 2 nitrogen and oxygen atoms in total. The first kappa shape index (κ1) is 13.9. The molecule has 0 saturated carbocycles. The van der Waals surface area contributed by atoms with Crippen LogP contribution in [0.2, 0.25) is 0 Å². The topological polar surface area (TPSA) is 21.3 Å². The predicted molar refractivity (Wildman–Crippen MR) is 83.1 cm³/mol. The van der Waals surface area contributed by atoms with E-state index in [1.807, 2.05) is 12.1 Å². The van der Waals surface area contributed by atoms with Crippen LogP contribution in [0, 0.1) is 0 Å². The van der Waals surface area contributed by atoms with E-state index in [1.165, 1.54) is 17.7 Å². The summed E-state index contributed by atoms with van der Waals surface area (Å²) in [5.74, 6) is 0.956. The zero-order chi connectivity index (χ0) is 13.3. The summed E-state index contributed by atoms with van der Waals surface area (Å²) in [4.78, 5) is 1.35. The molecular weight excluding hydrogens is 254 g/mol. The molecular formula is C16H21NOS. The highest BCUT2D eigenvalue weighted by Gasteiger charge is 1.97. The number of benzene rings is 1. The van der Waals surface area contributed by atoms with Gasteiger partial charge in [-0.25, -0.2) is 0 Å². The normalized spacial score (nSPS) is 10.4. The third-order valence-corrected chi connectivity index (χ3v) is 3.79.